The molecule has 2 aromatic carbocycles. The SMILES string of the molecule is Cc1cccc2c1OC[C@@H]1Cn3c-2c([C@H]2CCCC[C@@H]2F)c2ccc(cc23)CN(S)N(C)C(C)N(C)C1C(=O)C1OO1. The fraction of sp³-hybridized carbons (Fsp3) is 0.531. The summed E-state index contributed by atoms with van der Waals surface area (Å²) >= 11 is 4.84. The number of carbonyl (C=O) groups is 1. The van der Waals surface area contributed by atoms with Gasteiger partial charge in [0, 0.05) is 48.4 Å². The Morgan fingerprint density at radius 2 is 1.88 bits per heavy atom. The molecule has 0 N–H and O–H groups in total. The minimum absolute atomic E-state index is 0.130. The monoisotopic (exact) mass is 594 g/mol. The maximum atomic E-state index is 15.9. The van der Waals surface area contributed by atoms with Crippen molar-refractivity contribution in [3.05, 3.63) is 53.1 Å². The van der Waals surface area contributed by atoms with Gasteiger partial charge in [0.15, 0.2) is 0 Å². The van der Waals surface area contributed by atoms with E-state index in [0.29, 0.717) is 26.1 Å². The molecule has 1 saturated heterocycles. The fourth-order valence-electron chi connectivity index (χ4n) is 7.48. The predicted molar refractivity (Wildman–Crippen MR) is 161 cm³/mol. The van der Waals surface area contributed by atoms with E-state index in [0.717, 1.165) is 63.9 Å². The van der Waals surface area contributed by atoms with Crippen LogP contribution in [0.3, 0.4) is 0 Å². The Kier molecular flexibility index (Phi) is 7.35. The molecule has 5 atom stereocenters. The van der Waals surface area contributed by atoms with Gasteiger partial charge in [0.05, 0.1) is 24.5 Å². The molecule has 4 bridgehead atoms. The number of para-hydroxylation sites is 1. The molecule has 8 nitrogen and oxygen atoms in total. The lowest BCUT2D eigenvalue weighted by atomic mass is 9.80. The summed E-state index contributed by atoms with van der Waals surface area (Å²) in [6.07, 6.45) is 1.36. The smallest absolute Gasteiger partial charge is 0.283 e. The van der Waals surface area contributed by atoms with Crippen LogP contribution in [-0.4, -0.2) is 70.0 Å². The van der Waals surface area contributed by atoms with Crippen LogP contribution in [0.2, 0.25) is 0 Å². The lowest BCUT2D eigenvalue weighted by Crippen LogP contribution is -2.58. The van der Waals surface area contributed by atoms with Crippen molar-refractivity contribution >= 4 is 29.5 Å². The zero-order chi connectivity index (χ0) is 29.3. The molecule has 1 saturated carbocycles. The minimum atomic E-state index is -0.904. The number of alkyl halides is 1. The number of aromatic nitrogens is 1. The Bertz CT molecular complexity index is 1530. The van der Waals surface area contributed by atoms with Crippen molar-refractivity contribution in [2.24, 2.45) is 5.92 Å². The highest BCUT2D eigenvalue weighted by Crippen LogP contribution is 2.49. The van der Waals surface area contributed by atoms with E-state index in [-0.39, 0.29) is 23.8 Å². The van der Waals surface area contributed by atoms with E-state index in [1.807, 2.05) is 23.5 Å². The Morgan fingerprint density at radius 3 is 2.64 bits per heavy atom. The van der Waals surface area contributed by atoms with Gasteiger partial charge in [0.2, 0.25) is 5.78 Å². The molecule has 2 unspecified atom stereocenters. The average Bonchev–Trinajstić information content (AvgIpc) is 3.78. The first-order valence-electron chi connectivity index (χ1n) is 15.0. The Hall–Kier alpha value is -2.47. The quantitative estimate of drug-likeness (QED) is 0.240. The summed E-state index contributed by atoms with van der Waals surface area (Å²) in [4.78, 5) is 26.1. The molecular weight excluding hydrogens is 555 g/mol. The van der Waals surface area contributed by atoms with Crippen LogP contribution < -0.4 is 4.74 Å². The minimum Gasteiger partial charge on any atom is -0.492 e. The second-order valence-corrected chi connectivity index (χ2v) is 12.9. The number of rotatable bonds is 3. The molecule has 7 rings (SSSR count). The van der Waals surface area contributed by atoms with Crippen molar-refractivity contribution in [1.29, 1.82) is 0 Å². The van der Waals surface area contributed by atoms with Crippen molar-refractivity contribution in [2.75, 3.05) is 20.7 Å². The number of ketones is 1. The van der Waals surface area contributed by atoms with Gasteiger partial charge in [-0.15, -0.1) is 0 Å². The van der Waals surface area contributed by atoms with Gasteiger partial charge < -0.3 is 9.30 Å². The highest BCUT2D eigenvalue weighted by molar-refractivity contribution is 7.77. The summed E-state index contributed by atoms with van der Waals surface area (Å²) in [6, 6.07) is 12.2. The number of hydrogen-bond donors (Lipinski definition) is 1. The average molecular weight is 595 g/mol. The molecule has 3 aromatic rings. The number of Topliss-reactive ketones (excluding diaryl/α,β-unsaturated/α-hetero) is 1. The van der Waals surface area contributed by atoms with Gasteiger partial charge >= 0.3 is 0 Å². The molecule has 4 heterocycles. The molecule has 0 spiro atoms. The first-order valence-corrected chi connectivity index (χ1v) is 15.4. The topological polar surface area (TPSA) is 66.0 Å². The molecule has 0 radical (unpaired) electrons. The largest absolute Gasteiger partial charge is 0.492 e. The third-order valence-corrected chi connectivity index (χ3v) is 10.4. The Morgan fingerprint density at radius 1 is 1.10 bits per heavy atom. The summed E-state index contributed by atoms with van der Waals surface area (Å²) in [6.45, 7) is 5.53. The van der Waals surface area contributed by atoms with Crippen LogP contribution in [0.4, 0.5) is 4.39 Å². The lowest BCUT2D eigenvalue weighted by molar-refractivity contribution is -0.133. The molecule has 224 valence electrons. The number of carbonyl (C=O) groups excluding carboxylic acids is 1. The molecule has 1 aliphatic carbocycles. The van der Waals surface area contributed by atoms with Gasteiger partial charge in [-0.1, -0.05) is 49.9 Å². The number of nitrogens with zero attached hydrogens (tertiary/aromatic N) is 4. The zero-order valence-electron chi connectivity index (χ0n) is 24.6. The van der Waals surface area contributed by atoms with Crippen LogP contribution in [-0.2, 0) is 27.7 Å². The first kappa shape index (κ1) is 28.3. The van der Waals surface area contributed by atoms with Crippen molar-refractivity contribution in [1.82, 2.24) is 18.9 Å². The molecule has 4 aliphatic rings. The number of aryl methyl sites for hydroxylation is 1. The summed E-state index contributed by atoms with van der Waals surface area (Å²) in [7, 11) is 3.94. The van der Waals surface area contributed by atoms with Crippen LogP contribution in [0.1, 0.15) is 55.2 Å². The van der Waals surface area contributed by atoms with Crippen molar-refractivity contribution in [3.8, 4) is 17.0 Å². The van der Waals surface area contributed by atoms with Crippen LogP contribution in [0.25, 0.3) is 22.2 Å². The van der Waals surface area contributed by atoms with Gasteiger partial charge in [0.25, 0.3) is 6.29 Å². The van der Waals surface area contributed by atoms with Crippen LogP contribution in [0, 0.1) is 12.8 Å². The number of halogens is 1. The van der Waals surface area contributed by atoms with E-state index in [4.69, 9.17) is 27.3 Å². The summed E-state index contributed by atoms with van der Waals surface area (Å²) in [5, 5.41) is 3.10. The van der Waals surface area contributed by atoms with E-state index < -0.39 is 18.5 Å². The summed E-state index contributed by atoms with van der Waals surface area (Å²) < 4.78 is 26.8. The van der Waals surface area contributed by atoms with Gasteiger partial charge in [0.1, 0.15) is 11.9 Å². The number of hydrogen-bond acceptors (Lipinski definition) is 8. The van der Waals surface area contributed by atoms with Gasteiger partial charge in [-0.3, -0.25) is 9.69 Å². The zero-order valence-corrected chi connectivity index (χ0v) is 25.5. The number of likely N-dealkylation sites (N-methyl/N-ethyl adjacent to an activating group) is 1. The van der Waals surface area contributed by atoms with E-state index in [1.165, 1.54) is 0 Å². The molecule has 1 aromatic heterocycles. The predicted octanol–water partition coefficient (Wildman–Crippen LogP) is 5.63. The highest BCUT2D eigenvalue weighted by Gasteiger charge is 2.47. The van der Waals surface area contributed by atoms with Crippen molar-refractivity contribution in [2.45, 2.75) is 83.2 Å². The number of ether oxygens (including phenoxy) is 1. The second-order valence-electron chi connectivity index (χ2n) is 12.4. The third kappa shape index (κ3) is 4.67. The Labute approximate surface area is 251 Å². The van der Waals surface area contributed by atoms with E-state index in [9.17, 15) is 4.79 Å². The Balaban J connectivity index is 1.52. The molecular formula is C32H39FN4O4S. The van der Waals surface area contributed by atoms with Gasteiger partial charge in [-0.05, 0) is 62.6 Å². The number of thiol groups is 1. The molecule has 42 heavy (non-hydrogen) atoms. The normalized spacial score (nSPS) is 29.4. The van der Waals surface area contributed by atoms with Crippen LogP contribution >= 0.6 is 12.8 Å². The van der Waals surface area contributed by atoms with Crippen molar-refractivity contribution in [3.63, 3.8) is 0 Å². The van der Waals surface area contributed by atoms with E-state index in [2.05, 4.69) is 59.7 Å². The van der Waals surface area contributed by atoms with Gasteiger partial charge in [-0.25, -0.2) is 9.40 Å². The molecule has 2 fully saturated rings. The lowest BCUT2D eigenvalue weighted by Gasteiger charge is -2.43. The van der Waals surface area contributed by atoms with Crippen molar-refractivity contribution < 1.29 is 23.7 Å². The third-order valence-electron chi connectivity index (χ3n) is 9.97. The summed E-state index contributed by atoms with van der Waals surface area (Å²) in [5.41, 5.74) is 6.24. The maximum absolute atomic E-state index is 15.9. The molecule has 3 aliphatic heterocycles. The fourth-order valence-corrected chi connectivity index (χ4v) is 7.79. The van der Waals surface area contributed by atoms with Crippen LogP contribution in [0.5, 0.6) is 5.75 Å². The summed E-state index contributed by atoms with van der Waals surface area (Å²) in [5.74, 6) is 0.219. The standard InChI is InChI=1S/C32H39FN4O4S/c1-18-8-7-10-24-29-27(22-9-5-6-11-25(22)33)23-13-12-20-14-26(23)36(29)16-21(17-39-31(18)24)28(30(38)32-40-41-32)34(3)19(2)35(4)37(42)15-20/h7-8,10,12-14,19,21-22,25,28,32,42H,5-6,9,11,15-17H2,1-4H3/t19?,21-,22-,25-,28?/m0/s1. The van der Waals surface area contributed by atoms with Gasteiger partial charge in [-0.2, -0.15) is 14.2 Å². The van der Waals surface area contributed by atoms with Crippen LogP contribution in [0.15, 0.2) is 36.4 Å². The number of hydrazine groups is 1. The first-order chi connectivity index (χ1) is 20.2. The number of fused-ring (bicyclic) bond motifs is 4. The van der Waals surface area contributed by atoms with E-state index in [1.54, 1.807) is 0 Å². The highest BCUT2D eigenvalue weighted by atomic mass is 32.1. The van der Waals surface area contributed by atoms with E-state index >= 15 is 4.39 Å². The molecule has 10 heteroatoms. The maximum Gasteiger partial charge on any atom is 0.283 e. The number of benzene rings is 2. The second kappa shape index (κ2) is 10.9. The molecule has 0 amide bonds.